The summed E-state index contributed by atoms with van der Waals surface area (Å²) in [7, 11) is 0. The molecule has 2 heterocycles. The molecule has 0 aliphatic heterocycles. The average Bonchev–Trinajstić information content (AvgIpc) is 2.81. The predicted molar refractivity (Wildman–Crippen MR) is 70.6 cm³/mol. The molecule has 0 aliphatic rings. The molecule has 0 radical (unpaired) electrons. The summed E-state index contributed by atoms with van der Waals surface area (Å²) in [4.78, 5) is 5.67. The molecule has 2 rings (SSSR count). The topological polar surface area (TPSA) is 50.7 Å². The van der Waals surface area contributed by atoms with E-state index in [9.17, 15) is 0 Å². The van der Waals surface area contributed by atoms with Crippen LogP contribution in [0.15, 0.2) is 18.3 Å². The molecule has 4 nitrogen and oxygen atoms in total. The van der Waals surface area contributed by atoms with Gasteiger partial charge in [0, 0.05) is 11.1 Å². The zero-order valence-electron chi connectivity index (χ0n) is 9.64. The number of rotatable bonds is 4. The van der Waals surface area contributed by atoms with E-state index in [0.29, 0.717) is 11.0 Å². The maximum atomic E-state index is 5.68. The third kappa shape index (κ3) is 3.14. The fourth-order valence-electron chi connectivity index (χ4n) is 1.36. The van der Waals surface area contributed by atoms with E-state index < -0.39 is 0 Å². The Balaban J connectivity index is 2.05. The molecule has 0 fully saturated rings. The summed E-state index contributed by atoms with van der Waals surface area (Å²) < 4.78 is 0. The lowest BCUT2D eigenvalue weighted by atomic mass is 10.3. The van der Waals surface area contributed by atoms with Gasteiger partial charge in [0.05, 0.1) is 6.04 Å². The summed E-state index contributed by atoms with van der Waals surface area (Å²) in [6, 6.07) is 3.64. The molecular formula is C11H13ClN4S. The molecule has 1 atom stereocenters. The van der Waals surface area contributed by atoms with Crippen LogP contribution in [-0.2, 0) is 6.42 Å². The Morgan fingerprint density at radius 3 is 2.82 bits per heavy atom. The number of aromatic nitrogens is 3. The minimum atomic E-state index is 0.121. The van der Waals surface area contributed by atoms with Crippen LogP contribution in [0.5, 0.6) is 0 Å². The molecule has 90 valence electrons. The van der Waals surface area contributed by atoms with E-state index >= 15 is 0 Å². The first kappa shape index (κ1) is 12.3. The molecule has 0 spiro atoms. The summed E-state index contributed by atoms with van der Waals surface area (Å²) >= 11 is 7.39. The van der Waals surface area contributed by atoms with E-state index in [1.165, 1.54) is 4.88 Å². The van der Waals surface area contributed by atoms with Gasteiger partial charge < -0.3 is 5.32 Å². The van der Waals surface area contributed by atoms with E-state index in [1.54, 1.807) is 23.5 Å². The number of halogens is 1. The van der Waals surface area contributed by atoms with Crippen molar-refractivity contribution in [3.63, 3.8) is 0 Å². The van der Waals surface area contributed by atoms with Gasteiger partial charge in [0.1, 0.15) is 10.8 Å². The lowest BCUT2D eigenvalue weighted by Crippen LogP contribution is -2.07. The van der Waals surface area contributed by atoms with E-state index in [1.807, 2.05) is 6.20 Å². The highest BCUT2D eigenvalue weighted by Gasteiger charge is 2.10. The lowest BCUT2D eigenvalue weighted by molar-refractivity contribution is 0.849. The highest BCUT2D eigenvalue weighted by molar-refractivity contribution is 7.11. The second kappa shape index (κ2) is 5.42. The van der Waals surface area contributed by atoms with Crippen LogP contribution in [0.25, 0.3) is 0 Å². The molecule has 0 aliphatic carbocycles. The Morgan fingerprint density at radius 1 is 1.41 bits per heavy atom. The Morgan fingerprint density at radius 2 is 2.24 bits per heavy atom. The number of nitrogens with zero attached hydrogens (tertiary/aromatic N) is 3. The lowest BCUT2D eigenvalue weighted by Gasteiger charge is -2.10. The largest absolute Gasteiger partial charge is 0.360 e. The summed E-state index contributed by atoms with van der Waals surface area (Å²) in [5, 5.41) is 12.4. The Bertz CT molecular complexity index is 482. The molecule has 0 saturated heterocycles. The van der Waals surface area contributed by atoms with E-state index in [0.717, 1.165) is 11.4 Å². The third-order valence-corrected chi connectivity index (χ3v) is 3.81. The molecule has 17 heavy (non-hydrogen) atoms. The number of aryl methyl sites for hydroxylation is 1. The molecule has 1 unspecified atom stereocenters. The van der Waals surface area contributed by atoms with Gasteiger partial charge in [-0.05, 0) is 25.5 Å². The third-order valence-electron chi connectivity index (χ3n) is 2.29. The fraction of sp³-hybridized carbons (Fsp3) is 0.364. The highest BCUT2D eigenvalue weighted by atomic mass is 35.5. The van der Waals surface area contributed by atoms with Gasteiger partial charge in [-0.2, -0.15) is 0 Å². The predicted octanol–water partition coefficient (Wildman–Crippen LogP) is 3.32. The van der Waals surface area contributed by atoms with Crippen molar-refractivity contribution in [2.45, 2.75) is 26.3 Å². The van der Waals surface area contributed by atoms with Gasteiger partial charge in [-0.15, -0.1) is 21.5 Å². The van der Waals surface area contributed by atoms with Crippen molar-refractivity contribution in [3.05, 3.63) is 33.4 Å². The number of hydrogen-bond acceptors (Lipinski definition) is 5. The van der Waals surface area contributed by atoms with Gasteiger partial charge in [-0.1, -0.05) is 18.5 Å². The van der Waals surface area contributed by atoms with Crippen LogP contribution in [0.4, 0.5) is 5.82 Å². The van der Waals surface area contributed by atoms with Crippen LogP contribution in [0.1, 0.15) is 29.8 Å². The average molecular weight is 269 g/mol. The molecular weight excluding hydrogens is 256 g/mol. The van der Waals surface area contributed by atoms with Gasteiger partial charge in [-0.3, -0.25) is 0 Å². The molecule has 2 aromatic rings. The van der Waals surface area contributed by atoms with Crippen molar-refractivity contribution >= 4 is 28.8 Å². The zero-order chi connectivity index (χ0) is 12.3. The molecule has 2 aromatic heterocycles. The van der Waals surface area contributed by atoms with Gasteiger partial charge in [0.2, 0.25) is 0 Å². The van der Waals surface area contributed by atoms with Crippen LogP contribution < -0.4 is 5.32 Å². The quantitative estimate of drug-likeness (QED) is 0.924. The van der Waals surface area contributed by atoms with Crippen molar-refractivity contribution < 1.29 is 0 Å². The first-order valence-corrected chi connectivity index (χ1v) is 6.59. The maximum absolute atomic E-state index is 5.68. The fourth-order valence-corrected chi connectivity index (χ4v) is 2.32. The van der Waals surface area contributed by atoms with Crippen LogP contribution in [0, 0.1) is 0 Å². The Hall–Kier alpha value is -1.20. The van der Waals surface area contributed by atoms with E-state index in [2.05, 4.69) is 34.3 Å². The molecule has 0 saturated carbocycles. The number of anilines is 1. The molecule has 0 bridgehead atoms. The first-order chi connectivity index (χ1) is 8.19. The molecule has 1 N–H and O–H groups in total. The van der Waals surface area contributed by atoms with Gasteiger partial charge in [-0.25, -0.2) is 4.98 Å². The number of hydrogen-bond donors (Lipinski definition) is 1. The zero-order valence-corrected chi connectivity index (χ0v) is 11.2. The SMILES string of the molecule is CCc1cnc(C(C)Nc2ccc(Cl)nn2)s1. The van der Waals surface area contributed by atoms with Crippen molar-refractivity contribution in [1.82, 2.24) is 15.2 Å². The molecule has 6 heteroatoms. The Kier molecular flexibility index (Phi) is 3.91. The minimum Gasteiger partial charge on any atom is -0.360 e. The normalized spacial score (nSPS) is 12.4. The Labute approximate surface area is 109 Å². The van der Waals surface area contributed by atoms with Gasteiger partial charge in [0.25, 0.3) is 0 Å². The van der Waals surface area contributed by atoms with Crippen molar-refractivity contribution in [2.24, 2.45) is 0 Å². The van der Waals surface area contributed by atoms with Crippen molar-refractivity contribution in [2.75, 3.05) is 5.32 Å². The highest BCUT2D eigenvalue weighted by Crippen LogP contribution is 2.23. The van der Waals surface area contributed by atoms with Crippen molar-refractivity contribution in [1.29, 1.82) is 0 Å². The summed E-state index contributed by atoms with van der Waals surface area (Å²) in [6.45, 7) is 4.18. The van der Waals surface area contributed by atoms with Gasteiger partial charge in [0.15, 0.2) is 5.15 Å². The number of nitrogens with one attached hydrogen (secondary N) is 1. The summed E-state index contributed by atoms with van der Waals surface area (Å²) in [5.74, 6) is 0.704. The first-order valence-electron chi connectivity index (χ1n) is 5.39. The number of thiazole rings is 1. The second-order valence-electron chi connectivity index (χ2n) is 3.63. The molecule has 0 aromatic carbocycles. The summed E-state index contributed by atoms with van der Waals surface area (Å²) in [6.07, 6.45) is 2.94. The second-order valence-corrected chi connectivity index (χ2v) is 5.16. The van der Waals surface area contributed by atoms with Crippen LogP contribution in [0.2, 0.25) is 5.15 Å². The minimum absolute atomic E-state index is 0.121. The van der Waals surface area contributed by atoms with Crippen LogP contribution in [-0.4, -0.2) is 15.2 Å². The monoisotopic (exact) mass is 268 g/mol. The molecule has 0 amide bonds. The van der Waals surface area contributed by atoms with Crippen molar-refractivity contribution in [3.8, 4) is 0 Å². The van der Waals surface area contributed by atoms with E-state index in [-0.39, 0.29) is 6.04 Å². The maximum Gasteiger partial charge on any atom is 0.151 e. The standard InChI is InChI=1S/C11H13ClN4S/c1-3-8-6-13-11(17-8)7(2)14-10-5-4-9(12)15-16-10/h4-7H,3H2,1-2H3,(H,14,16). The van der Waals surface area contributed by atoms with E-state index in [4.69, 9.17) is 11.6 Å². The smallest absolute Gasteiger partial charge is 0.151 e. The van der Waals surface area contributed by atoms with Crippen LogP contribution >= 0.6 is 22.9 Å². The van der Waals surface area contributed by atoms with Gasteiger partial charge >= 0.3 is 0 Å². The van der Waals surface area contributed by atoms with Crippen LogP contribution in [0.3, 0.4) is 0 Å². The summed E-state index contributed by atoms with van der Waals surface area (Å²) in [5.41, 5.74) is 0.